The Kier molecular flexibility index (Phi) is 6.11. The van der Waals surface area contributed by atoms with E-state index in [0.29, 0.717) is 11.7 Å². The van der Waals surface area contributed by atoms with Gasteiger partial charge in [-0.05, 0) is 58.3 Å². The van der Waals surface area contributed by atoms with Gasteiger partial charge in [-0.1, -0.05) is 26.7 Å². The van der Waals surface area contributed by atoms with Crippen LogP contribution in [0.2, 0.25) is 0 Å². The summed E-state index contributed by atoms with van der Waals surface area (Å²) in [5.41, 5.74) is 0.299. The monoisotopic (exact) mass is 268 g/mol. The summed E-state index contributed by atoms with van der Waals surface area (Å²) >= 11 is 0. The maximum Gasteiger partial charge on any atom is 0.0708 e. The second-order valence-corrected chi connectivity index (χ2v) is 6.25. The Morgan fingerprint density at radius 2 is 1.89 bits per heavy atom. The molecule has 1 saturated carbocycles. The Hall–Kier alpha value is -0.120. The summed E-state index contributed by atoms with van der Waals surface area (Å²) < 4.78 is 6.31. The highest BCUT2D eigenvalue weighted by Crippen LogP contribution is 2.43. The van der Waals surface area contributed by atoms with E-state index in [2.05, 4.69) is 24.1 Å². The quantitative estimate of drug-likeness (QED) is 0.685. The van der Waals surface area contributed by atoms with Crippen LogP contribution < -0.4 is 5.32 Å². The Morgan fingerprint density at radius 1 is 1.16 bits per heavy atom. The van der Waals surface area contributed by atoms with Crippen molar-refractivity contribution in [3.05, 3.63) is 0 Å². The minimum atomic E-state index is 0.299. The molecule has 1 aliphatic heterocycles. The zero-order valence-electron chi connectivity index (χ0n) is 12.9. The van der Waals surface area contributed by atoms with E-state index in [-0.39, 0.29) is 0 Å². The second kappa shape index (κ2) is 7.61. The van der Waals surface area contributed by atoms with Crippen molar-refractivity contribution in [2.75, 3.05) is 32.7 Å². The van der Waals surface area contributed by atoms with E-state index < -0.39 is 0 Å². The highest BCUT2D eigenvalue weighted by molar-refractivity contribution is 4.93. The lowest BCUT2D eigenvalue weighted by Gasteiger charge is -2.24. The largest absolute Gasteiger partial charge is 0.370 e. The molecule has 1 saturated heterocycles. The molecular formula is C16H32N2O. The van der Waals surface area contributed by atoms with Crippen LogP contribution in [0.25, 0.3) is 0 Å². The van der Waals surface area contributed by atoms with Crippen LogP contribution >= 0.6 is 0 Å². The summed E-state index contributed by atoms with van der Waals surface area (Å²) in [5.74, 6) is 0. The van der Waals surface area contributed by atoms with E-state index in [1.165, 1.54) is 64.6 Å². The first-order valence-corrected chi connectivity index (χ1v) is 8.39. The molecule has 0 bridgehead atoms. The summed E-state index contributed by atoms with van der Waals surface area (Å²) in [7, 11) is 0. The van der Waals surface area contributed by atoms with Crippen LogP contribution in [0.1, 0.15) is 58.8 Å². The van der Waals surface area contributed by atoms with Gasteiger partial charge in [-0.2, -0.15) is 0 Å². The SMILES string of the molecule is CCN(CC)CCCNCC1CCC2(CCCC2)O1. The fourth-order valence-corrected chi connectivity index (χ4v) is 3.66. The van der Waals surface area contributed by atoms with E-state index in [0.717, 1.165) is 13.1 Å². The lowest BCUT2D eigenvalue weighted by molar-refractivity contribution is -0.0350. The summed E-state index contributed by atoms with van der Waals surface area (Å²) in [5, 5.41) is 3.59. The van der Waals surface area contributed by atoms with Crippen LogP contribution in [0.15, 0.2) is 0 Å². The molecular weight excluding hydrogens is 236 g/mol. The summed E-state index contributed by atoms with van der Waals surface area (Å²) in [6.07, 6.45) is 9.68. The zero-order valence-corrected chi connectivity index (χ0v) is 12.9. The summed E-state index contributed by atoms with van der Waals surface area (Å²) in [4.78, 5) is 2.49. The number of nitrogens with zero attached hydrogens (tertiary/aromatic N) is 1. The fraction of sp³-hybridized carbons (Fsp3) is 1.00. The zero-order chi connectivity index (χ0) is 13.6. The van der Waals surface area contributed by atoms with Crippen LogP contribution in [0.3, 0.4) is 0 Å². The summed E-state index contributed by atoms with van der Waals surface area (Å²) in [6, 6.07) is 0. The highest BCUT2D eigenvalue weighted by atomic mass is 16.5. The molecule has 0 aromatic rings. The maximum atomic E-state index is 6.31. The Bertz CT molecular complexity index is 247. The van der Waals surface area contributed by atoms with Gasteiger partial charge in [0.25, 0.3) is 0 Å². The molecule has 2 aliphatic rings. The number of rotatable bonds is 8. The molecule has 19 heavy (non-hydrogen) atoms. The Balaban J connectivity index is 1.52. The number of hydrogen-bond donors (Lipinski definition) is 1. The van der Waals surface area contributed by atoms with E-state index in [4.69, 9.17) is 4.74 Å². The topological polar surface area (TPSA) is 24.5 Å². The van der Waals surface area contributed by atoms with E-state index in [9.17, 15) is 0 Å². The Morgan fingerprint density at radius 3 is 2.58 bits per heavy atom. The molecule has 3 heteroatoms. The smallest absolute Gasteiger partial charge is 0.0708 e. The van der Waals surface area contributed by atoms with Gasteiger partial charge in [0.05, 0.1) is 11.7 Å². The fourth-order valence-electron chi connectivity index (χ4n) is 3.66. The van der Waals surface area contributed by atoms with Gasteiger partial charge in [-0.25, -0.2) is 0 Å². The average molecular weight is 268 g/mol. The highest BCUT2D eigenvalue weighted by Gasteiger charge is 2.41. The molecule has 3 nitrogen and oxygen atoms in total. The number of nitrogens with one attached hydrogen (secondary N) is 1. The number of ether oxygens (including phenoxy) is 1. The van der Waals surface area contributed by atoms with Crippen molar-refractivity contribution in [1.82, 2.24) is 10.2 Å². The van der Waals surface area contributed by atoms with Crippen molar-refractivity contribution in [1.29, 1.82) is 0 Å². The first-order valence-electron chi connectivity index (χ1n) is 8.39. The molecule has 1 heterocycles. The molecule has 0 aromatic heterocycles. The third kappa shape index (κ3) is 4.44. The Labute approximate surface area is 119 Å². The molecule has 0 aromatic carbocycles. The molecule has 1 N–H and O–H groups in total. The van der Waals surface area contributed by atoms with Gasteiger partial charge in [-0.3, -0.25) is 0 Å². The predicted molar refractivity (Wildman–Crippen MR) is 80.6 cm³/mol. The van der Waals surface area contributed by atoms with Gasteiger partial charge >= 0.3 is 0 Å². The van der Waals surface area contributed by atoms with E-state index >= 15 is 0 Å². The maximum absolute atomic E-state index is 6.31. The lowest BCUT2D eigenvalue weighted by atomic mass is 9.98. The molecule has 112 valence electrons. The van der Waals surface area contributed by atoms with Crippen molar-refractivity contribution < 1.29 is 4.74 Å². The van der Waals surface area contributed by atoms with Crippen LogP contribution in [0, 0.1) is 0 Å². The summed E-state index contributed by atoms with van der Waals surface area (Å²) in [6.45, 7) is 10.2. The van der Waals surface area contributed by atoms with Crippen LogP contribution in [0.4, 0.5) is 0 Å². The van der Waals surface area contributed by atoms with Gasteiger partial charge < -0.3 is 15.0 Å². The van der Waals surface area contributed by atoms with Crippen LogP contribution in [0.5, 0.6) is 0 Å². The molecule has 0 radical (unpaired) electrons. The standard InChI is InChI=1S/C16H32N2O/c1-3-18(4-2)13-7-12-17-14-15-8-11-16(19-15)9-5-6-10-16/h15,17H,3-14H2,1-2H3. The first kappa shape index (κ1) is 15.3. The normalized spacial score (nSPS) is 25.7. The third-order valence-corrected chi connectivity index (χ3v) is 4.95. The predicted octanol–water partition coefficient (Wildman–Crippen LogP) is 2.80. The molecule has 2 fully saturated rings. The molecule has 1 unspecified atom stereocenters. The molecule has 2 rings (SSSR count). The molecule has 1 spiro atoms. The van der Waals surface area contributed by atoms with Gasteiger partial charge in [-0.15, -0.1) is 0 Å². The van der Waals surface area contributed by atoms with Crippen molar-refractivity contribution in [3.63, 3.8) is 0 Å². The molecule has 1 atom stereocenters. The van der Waals surface area contributed by atoms with Gasteiger partial charge in [0.1, 0.15) is 0 Å². The first-order chi connectivity index (χ1) is 9.28. The molecule has 1 aliphatic carbocycles. The van der Waals surface area contributed by atoms with Crippen molar-refractivity contribution in [2.24, 2.45) is 0 Å². The number of hydrogen-bond acceptors (Lipinski definition) is 3. The van der Waals surface area contributed by atoms with Crippen molar-refractivity contribution in [3.8, 4) is 0 Å². The lowest BCUT2D eigenvalue weighted by Crippen LogP contribution is -2.33. The van der Waals surface area contributed by atoms with Gasteiger partial charge in [0.2, 0.25) is 0 Å². The second-order valence-electron chi connectivity index (χ2n) is 6.25. The third-order valence-electron chi connectivity index (χ3n) is 4.95. The van der Waals surface area contributed by atoms with Gasteiger partial charge in [0, 0.05) is 6.54 Å². The van der Waals surface area contributed by atoms with Gasteiger partial charge in [0.15, 0.2) is 0 Å². The minimum absolute atomic E-state index is 0.299. The van der Waals surface area contributed by atoms with Crippen LogP contribution in [-0.4, -0.2) is 49.3 Å². The van der Waals surface area contributed by atoms with Crippen molar-refractivity contribution in [2.45, 2.75) is 70.5 Å². The van der Waals surface area contributed by atoms with Crippen LogP contribution in [-0.2, 0) is 4.74 Å². The average Bonchev–Trinajstić information content (AvgIpc) is 3.05. The van der Waals surface area contributed by atoms with Crippen molar-refractivity contribution >= 4 is 0 Å². The minimum Gasteiger partial charge on any atom is -0.370 e. The molecule has 0 amide bonds. The van der Waals surface area contributed by atoms with E-state index in [1.807, 2.05) is 0 Å². The van der Waals surface area contributed by atoms with E-state index in [1.54, 1.807) is 0 Å².